The molecule has 1 aliphatic carbocycles. The summed E-state index contributed by atoms with van der Waals surface area (Å²) in [5, 5.41) is 1.15. The number of thiophene rings is 1. The van der Waals surface area contributed by atoms with Crippen LogP contribution in [0.2, 0.25) is 0 Å². The zero-order chi connectivity index (χ0) is 37.5. The standard InChI is InChI=1S/C53H32N2OS/c1-2-13-33(14-3-1)34-25-27-35(28-26-34)52-54-49(51-50(55-52)41-18-5-11-24-48(41)57-51)38-16-12-15-36(31-38)37-29-30-40-39-17-4-6-19-42(39)53(45(40)32-37)43-20-7-9-22-46(43)56-47-23-10-8-21-44(47)53/h1-32H. The monoisotopic (exact) mass is 744 g/mol. The average molecular weight is 745 g/mol. The van der Waals surface area contributed by atoms with Gasteiger partial charge in [-0.15, -0.1) is 11.3 Å². The van der Waals surface area contributed by atoms with Crippen LogP contribution in [0.5, 0.6) is 11.5 Å². The summed E-state index contributed by atoms with van der Waals surface area (Å²) >= 11 is 1.76. The van der Waals surface area contributed by atoms with Crippen LogP contribution in [0.15, 0.2) is 194 Å². The molecule has 0 fully saturated rings. The summed E-state index contributed by atoms with van der Waals surface area (Å²) in [7, 11) is 0. The van der Waals surface area contributed by atoms with Gasteiger partial charge in [-0.05, 0) is 74.8 Å². The molecule has 0 unspecified atom stereocenters. The third kappa shape index (κ3) is 4.78. The van der Waals surface area contributed by atoms with Crippen LogP contribution in [-0.2, 0) is 5.41 Å². The van der Waals surface area contributed by atoms with Crippen molar-refractivity contribution in [3.05, 3.63) is 216 Å². The van der Waals surface area contributed by atoms with Gasteiger partial charge in [0.15, 0.2) is 5.82 Å². The van der Waals surface area contributed by atoms with Crippen molar-refractivity contribution < 1.29 is 4.74 Å². The second-order valence-electron chi connectivity index (χ2n) is 14.8. The van der Waals surface area contributed by atoms with E-state index in [0.29, 0.717) is 0 Å². The molecule has 0 radical (unpaired) electrons. The number of nitrogens with zero attached hydrogens (tertiary/aromatic N) is 2. The van der Waals surface area contributed by atoms with E-state index in [9.17, 15) is 0 Å². The van der Waals surface area contributed by atoms with Gasteiger partial charge in [-0.2, -0.15) is 0 Å². The molecule has 2 aromatic heterocycles. The van der Waals surface area contributed by atoms with Crippen molar-refractivity contribution in [2.75, 3.05) is 0 Å². The van der Waals surface area contributed by atoms with Gasteiger partial charge in [-0.3, -0.25) is 0 Å². The molecule has 266 valence electrons. The van der Waals surface area contributed by atoms with E-state index in [4.69, 9.17) is 14.7 Å². The van der Waals surface area contributed by atoms with Crippen molar-refractivity contribution >= 4 is 31.6 Å². The first kappa shape index (κ1) is 32.1. The van der Waals surface area contributed by atoms with Gasteiger partial charge in [-0.1, -0.05) is 164 Å². The number of rotatable bonds is 4. The Labute approximate surface area is 334 Å². The topological polar surface area (TPSA) is 35.0 Å². The molecular formula is C53H32N2OS. The van der Waals surface area contributed by atoms with E-state index in [1.807, 2.05) is 6.07 Å². The van der Waals surface area contributed by atoms with Crippen LogP contribution < -0.4 is 4.74 Å². The molecule has 4 heteroatoms. The smallest absolute Gasteiger partial charge is 0.160 e. The van der Waals surface area contributed by atoms with Gasteiger partial charge in [0, 0.05) is 32.3 Å². The fourth-order valence-corrected chi connectivity index (χ4v) is 10.4. The number of ether oxygens (including phenoxy) is 1. The Morgan fingerprint density at radius 1 is 0.404 bits per heavy atom. The summed E-state index contributed by atoms with van der Waals surface area (Å²) < 4.78 is 8.89. The van der Waals surface area contributed by atoms with E-state index < -0.39 is 5.41 Å². The number of hydrogen-bond acceptors (Lipinski definition) is 4. The molecule has 12 rings (SSSR count). The quantitative estimate of drug-likeness (QED) is 0.180. The number of aromatic nitrogens is 2. The summed E-state index contributed by atoms with van der Waals surface area (Å²) in [6.45, 7) is 0. The van der Waals surface area contributed by atoms with Gasteiger partial charge < -0.3 is 4.74 Å². The second kappa shape index (κ2) is 12.4. The fourth-order valence-electron chi connectivity index (χ4n) is 9.24. The van der Waals surface area contributed by atoms with Crippen molar-refractivity contribution in [1.82, 2.24) is 9.97 Å². The van der Waals surface area contributed by atoms with E-state index in [1.165, 1.54) is 49.2 Å². The fraction of sp³-hybridized carbons (Fsp3) is 0.0189. The normalized spacial score (nSPS) is 13.2. The minimum absolute atomic E-state index is 0.522. The number of fused-ring (bicyclic) bond motifs is 12. The molecule has 0 atom stereocenters. The maximum Gasteiger partial charge on any atom is 0.160 e. The Morgan fingerprint density at radius 3 is 1.79 bits per heavy atom. The van der Waals surface area contributed by atoms with E-state index >= 15 is 0 Å². The third-order valence-electron chi connectivity index (χ3n) is 11.8. The number of para-hydroxylation sites is 2. The van der Waals surface area contributed by atoms with Crippen LogP contribution >= 0.6 is 11.3 Å². The van der Waals surface area contributed by atoms with Crippen molar-refractivity contribution in [1.29, 1.82) is 0 Å². The Hall–Kier alpha value is -7.14. The van der Waals surface area contributed by atoms with Crippen LogP contribution in [-0.4, -0.2) is 9.97 Å². The molecule has 0 saturated heterocycles. The SMILES string of the molecule is c1ccc(-c2ccc(-c3nc(-c4cccc(-c5ccc6c(c5)C5(c7ccccc7Oc7ccccc75)c5ccccc5-6)c4)c4sc5ccccc5c4n3)cc2)cc1. The molecule has 3 nitrogen and oxygen atoms in total. The number of hydrogen-bond donors (Lipinski definition) is 0. The lowest BCUT2D eigenvalue weighted by Gasteiger charge is -2.39. The zero-order valence-corrected chi connectivity index (χ0v) is 31.5. The van der Waals surface area contributed by atoms with E-state index in [2.05, 4.69) is 188 Å². The lowest BCUT2D eigenvalue weighted by Crippen LogP contribution is -2.32. The average Bonchev–Trinajstić information content (AvgIpc) is 3.80. The first-order chi connectivity index (χ1) is 28.2. The van der Waals surface area contributed by atoms with Gasteiger partial charge >= 0.3 is 0 Å². The van der Waals surface area contributed by atoms with Gasteiger partial charge in [0.2, 0.25) is 0 Å². The first-order valence-electron chi connectivity index (χ1n) is 19.3. The lowest BCUT2D eigenvalue weighted by molar-refractivity contribution is 0.436. The zero-order valence-electron chi connectivity index (χ0n) is 30.7. The summed E-state index contributed by atoms with van der Waals surface area (Å²) in [6, 6.07) is 69.5. The van der Waals surface area contributed by atoms with Crippen LogP contribution in [0.4, 0.5) is 0 Å². The molecule has 0 saturated carbocycles. The van der Waals surface area contributed by atoms with Gasteiger partial charge in [0.25, 0.3) is 0 Å². The molecule has 10 aromatic rings. The molecular weight excluding hydrogens is 713 g/mol. The van der Waals surface area contributed by atoms with Gasteiger partial charge in [0.05, 0.1) is 21.3 Å². The van der Waals surface area contributed by atoms with E-state index in [1.54, 1.807) is 11.3 Å². The molecule has 2 aliphatic rings. The van der Waals surface area contributed by atoms with Crippen LogP contribution in [0.3, 0.4) is 0 Å². The molecule has 3 heterocycles. The van der Waals surface area contributed by atoms with Crippen molar-refractivity contribution in [2.24, 2.45) is 0 Å². The van der Waals surface area contributed by atoms with E-state index in [0.717, 1.165) is 60.9 Å². The largest absolute Gasteiger partial charge is 0.457 e. The lowest BCUT2D eigenvalue weighted by atomic mass is 9.66. The third-order valence-corrected chi connectivity index (χ3v) is 13.0. The predicted molar refractivity (Wildman–Crippen MR) is 234 cm³/mol. The van der Waals surface area contributed by atoms with Gasteiger partial charge in [-0.25, -0.2) is 9.97 Å². The van der Waals surface area contributed by atoms with Crippen molar-refractivity contribution in [2.45, 2.75) is 5.41 Å². The van der Waals surface area contributed by atoms with Crippen LogP contribution in [0, 0.1) is 0 Å². The number of benzene rings is 8. The molecule has 8 aromatic carbocycles. The molecule has 1 spiro atoms. The van der Waals surface area contributed by atoms with Crippen LogP contribution in [0.1, 0.15) is 22.3 Å². The molecule has 57 heavy (non-hydrogen) atoms. The summed E-state index contributed by atoms with van der Waals surface area (Å²) in [5.41, 5.74) is 15.5. The molecule has 0 bridgehead atoms. The highest BCUT2D eigenvalue weighted by Crippen LogP contribution is 2.62. The maximum absolute atomic E-state index is 6.59. The summed E-state index contributed by atoms with van der Waals surface area (Å²) in [6.07, 6.45) is 0. The second-order valence-corrected chi connectivity index (χ2v) is 15.9. The highest BCUT2D eigenvalue weighted by Gasteiger charge is 2.51. The Morgan fingerprint density at radius 2 is 0.982 bits per heavy atom. The molecule has 0 amide bonds. The molecule has 1 aliphatic heterocycles. The minimum atomic E-state index is -0.522. The predicted octanol–water partition coefficient (Wildman–Crippen LogP) is 14.0. The minimum Gasteiger partial charge on any atom is -0.457 e. The maximum atomic E-state index is 6.59. The van der Waals surface area contributed by atoms with Gasteiger partial charge in [0.1, 0.15) is 11.5 Å². The molecule has 0 N–H and O–H groups in total. The van der Waals surface area contributed by atoms with E-state index in [-0.39, 0.29) is 0 Å². The highest BCUT2D eigenvalue weighted by atomic mass is 32.1. The van der Waals surface area contributed by atoms with Crippen molar-refractivity contribution in [3.8, 4) is 67.5 Å². The Balaban J connectivity index is 1.04. The van der Waals surface area contributed by atoms with Crippen LogP contribution in [0.25, 0.3) is 76.3 Å². The first-order valence-corrected chi connectivity index (χ1v) is 20.1. The Kier molecular flexibility index (Phi) is 7.01. The Bertz CT molecular complexity index is 3170. The van der Waals surface area contributed by atoms with Crippen molar-refractivity contribution in [3.63, 3.8) is 0 Å². The summed E-state index contributed by atoms with van der Waals surface area (Å²) in [4.78, 5) is 10.6. The summed E-state index contributed by atoms with van der Waals surface area (Å²) in [5.74, 6) is 2.51. The highest BCUT2D eigenvalue weighted by molar-refractivity contribution is 7.26.